The van der Waals surface area contributed by atoms with Crippen molar-refractivity contribution < 1.29 is 27.1 Å². The molecule has 3 rings (SSSR count). The number of hydrogen-bond donors (Lipinski definition) is 1. The van der Waals surface area contributed by atoms with Crippen molar-refractivity contribution in [1.29, 1.82) is 0 Å². The van der Waals surface area contributed by atoms with Gasteiger partial charge in [0.15, 0.2) is 0 Å². The number of hydrogen-bond acceptors (Lipinski definition) is 6. The molecule has 1 atom stereocenters. The van der Waals surface area contributed by atoms with Crippen LogP contribution in [0.5, 0.6) is 0 Å². The average Bonchev–Trinajstić information content (AvgIpc) is 2.80. The fourth-order valence-electron chi connectivity index (χ4n) is 3.73. The van der Waals surface area contributed by atoms with E-state index in [9.17, 15) is 17.6 Å². The predicted octanol–water partition coefficient (Wildman–Crippen LogP) is 2.40. The van der Waals surface area contributed by atoms with Gasteiger partial charge in [0, 0.05) is 37.8 Å². The average molecular weight is 451 g/mol. The lowest BCUT2D eigenvalue weighted by molar-refractivity contribution is 0.0133. The number of halogens is 1. The molecule has 0 amide bonds. The summed E-state index contributed by atoms with van der Waals surface area (Å²) in [5, 5.41) is 0. The van der Waals surface area contributed by atoms with Crippen molar-refractivity contribution in [1.82, 2.24) is 9.21 Å². The van der Waals surface area contributed by atoms with E-state index >= 15 is 0 Å². The molecule has 1 saturated heterocycles. The molecule has 1 aliphatic heterocycles. The van der Waals surface area contributed by atoms with Crippen LogP contribution in [0.15, 0.2) is 48.5 Å². The summed E-state index contributed by atoms with van der Waals surface area (Å²) in [5.74, 6) is -1.29. The summed E-state index contributed by atoms with van der Waals surface area (Å²) in [6.07, 6.45) is 0.565. The van der Waals surface area contributed by atoms with Crippen molar-refractivity contribution in [2.45, 2.75) is 19.0 Å². The van der Waals surface area contributed by atoms with E-state index in [1.54, 1.807) is 0 Å². The minimum Gasteiger partial charge on any atom is -0.465 e. The first-order valence-corrected chi connectivity index (χ1v) is 11.3. The van der Waals surface area contributed by atoms with E-state index in [0.717, 1.165) is 24.7 Å². The molecule has 0 radical (unpaired) electrons. The Hall–Kier alpha value is -2.33. The van der Waals surface area contributed by atoms with E-state index in [4.69, 9.17) is 4.74 Å². The van der Waals surface area contributed by atoms with Gasteiger partial charge in [0.05, 0.1) is 25.9 Å². The van der Waals surface area contributed by atoms with E-state index in [0.29, 0.717) is 19.6 Å². The number of thiol groups is 1. The van der Waals surface area contributed by atoms with Gasteiger partial charge in [-0.25, -0.2) is 17.6 Å². The van der Waals surface area contributed by atoms with Crippen LogP contribution in [0.2, 0.25) is 0 Å². The van der Waals surface area contributed by atoms with E-state index in [-0.39, 0.29) is 30.3 Å². The zero-order valence-corrected chi connectivity index (χ0v) is 18.3. The maximum absolute atomic E-state index is 14.5. The van der Waals surface area contributed by atoms with Crippen LogP contribution in [0.4, 0.5) is 4.39 Å². The van der Waals surface area contributed by atoms with E-state index in [1.807, 2.05) is 30.3 Å². The largest absolute Gasteiger partial charge is 0.465 e. The molecule has 2 aromatic rings. The summed E-state index contributed by atoms with van der Waals surface area (Å²) in [5.41, 5.74) is 1.40. The fraction of sp³-hybridized carbons (Fsp3) is 0.409. The van der Waals surface area contributed by atoms with Gasteiger partial charge in [-0.3, -0.25) is 4.90 Å². The zero-order valence-electron chi connectivity index (χ0n) is 17.4. The summed E-state index contributed by atoms with van der Waals surface area (Å²) in [6, 6.07) is 13.9. The number of methoxy groups -OCH3 is 1. The van der Waals surface area contributed by atoms with Crippen molar-refractivity contribution in [3.8, 4) is 0 Å². The Morgan fingerprint density at radius 3 is 2.52 bits per heavy atom. The summed E-state index contributed by atoms with van der Waals surface area (Å²) in [6.45, 7) is 2.96. The van der Waals surface area contributed by atoms with Crippen LogP contribution >= 0.6 is 0 Å². The molecule has 1 unspecified atom stereocenters. The Morgan fingerprint density at radius 1 is 1.19 bits per heavy atom. The molecular weight excluding hydrogens is 423 g/mol. The van der Waals surface area contributed by atoms with Gasteiger partial charge in [0.25, 0.3) is 0 Å². The standard InChI is InChI=1S/C22H27FN2O5S/c1-29-22(26)18-7-8-19(20(23)15-18)16-25(31(27)28)10-9-21(17-5-3-2-4-6-17)24-11-13-30-14-12-24/h2-8,15,21,31H,9-14,16H2,1H3. The van der Waals surface area contributed by atoms with Gasteiger partial charge in [-0.1, -0.05) is 36.4 Å². The normalized spacial score (nSPS) is 15.9. The van der Waals surface area contributed by atoms with Gasteiger partial charge >= 0.3 is 5.97 Å². The van der Waals surface area contributed by atoms with Crippen molar-refractivity contribution in [3.05, 3.63) is 71.0 Å². The Labute approximate surface area is 183 Å². The first-order valence-electron chi connectivity index (χ1n) is 10.1. The third kappa shape index (κ3) is 6.33. The smallest absolute Gasteiger partial charge is 0.337 e. The summed E-state index contributed by atoms with van der Waals surface area (Å²) in [7, 11) is -1.69. The highest BCUT2D eigenvalue weighted by Gasteiger charge is 2.24. The first kappa shape index (κ1) is 23.3. The lowest BCUT2D eigenvalue weighted by Crippen LogP contribution is -2.40. The van der Waals surface area contributed by atoms with Gasteiger partial charge in [0.1, 0.15) is 5.82 Å². The highest BCUT2D eigenvalue weighted by molar-refractivity contribution is 7.69. The molecule has 31 heavy (non-hydrogen) atoms. The molecule has 0 aliphatic carbocycles. The quantitative estimate of drug-likeness (QED) is 0.467. The van der Waals surface area contributed by atoms with Crippen LogP contribution < -0.4 is 0 Å². The Balaban J connectivity index is 1.73. The van der Waals surface area contributed by atoms with Crippen molar-refractivity contribution in [2.24, 2.45) is 0 Å². The van der Waals surface area contributed by atoms with Crippen molar-refractivity contribution in [3.63, 3.8) is 0 Å². The number of benzene rings is 2. The molecule has 9 heteroatoms. The number of ether oxygens (including phenoxy) is 2. The van der Waals surface area contributed by atoms with Crippen LogP contribution in [-0.2, 0) is 26.9 Å². The molecule has 1 fully saturated rings. The summed E-state index contributed by atoms with van der Waals surface area (Å²) >= 11 is 0. The molecular formula is C22H27FN2O5S. The Bertz CT molecular complexity index is 940. The topological polar surface area (TPSA) is 76.2 Å². The minimum atomic E-state index is -2.91. The lowest BCUT2D eigenvalue weighted by Gasteiger charge is -2.35. The predicted molar refractivity (Wildman–Crippen MR) is 115 cm³/mol. The maximum Gasteiger partial charge on any atom is 0.337 e. The second kappa shape index (κ2) is 11.3. The molecule has 0 N–H and O–H groups in total. The molecule has 0 bridgehead atoms. The van der Waals surface area contributed by atoms with Crippen molar-refractivity contribution in [2.75, 3.05) is 40.0 Å². The molecule has 1 aliphatic rings. The number of esters is 1. The molecule has 0 spiro atoms. The van der Waals surface area contributed by atoms with Gasteiger partial charge in [-0.2, -0.15) is 4.31 Å². The second-order valence-corrected chi connectivity index (χ2v) is 8.33. The molecule has 168 valence electrons. The number of carbonyl (C=O) groups is 1. The maximum atomic E-state index is 14.5. The van der Waals surface area contributed by atoms with E-state index < -0.39 is 22.7 Å². The van der Waals surface area contributed by atoms with Crippen molar-refractivity contribution >= 4 is 16.9 Å². The molecule has 0 aromatic heterocycles. The molecule has 0 saturated carbocycles. The number of nitrogens with zero attached hydrogens (tertiary/aromatic N) is 2. The molecule has 1 heterocycles. The van der Waals surface area contributed by atoms with Crippen LogP contribution in [0.3, 0.4) is 0 Å². The Morgan fingerprint density at radius 2 is 1.90 bits per heavy atom. The highest BCUT2D eigenvalue weighted by atomic mass is 32.2. The third-order valence-corrected chi connectivity index (χ3v) is 6.19. The van der Waals surface area contributed by atoms with Gasteiger partial charge in [0.2, 0.25) is 10.9 Å². The lowest BCUT2D eigenvalue weighted by atomic mass is 10.0. The molecule has 7 nitrogen and oxygen atoms in total. The van der Waals surface area contributed by atoms with Crippen LogP contribution in [-0.4, -0.2) is 63.6 Å². The third-order valence-electron chi connectivity index (χ3n) is 5.39. The number of carbonyl (C=O) groups excluding carboxylic acids is 1. The number of rotatable bonds is 9. The van der Waals surface area contributed by atoms with Gasteiger partial charge < -0.3 is 9.47 Å². The van der Waals surface area contributed by atoms with Crippen LogP contribution in [0.1, 0.15) is 33.9 Å². The zero-order chi connectivity index (χ0) is 22.2. The van der Waals surface area contributed by atoms with E-state index in [2.05, 4.69) is 9.64 Å². The van der Waals surface area contributed by atoms with E-state index in [1.165, 1.54) is 23.5 Å². The van der Waals surface area contributed by atoms with Gasteiger partial charge in [-0.15, -0.1) is 0 Å². The SMILES string of the molecule is COC(=O)c1ccc(CN(CCC(c2ccccc2)N2CCOCC2)[SH](=O)=O)c(F)c1. The second-order valence-electron chi connectivity index (χ2n) is 7.29. The number of morpholine rings is 1. The minimum absolute atomic E-state index is 0.0362. The monoisotopic (exact) mass is 450 g/mol. The Kier molecular flexibility index (Phi) is 8.53. The first-order chi connectivity index (χ1) is 15.0. The van der Waals surface area contributed by atoms with Gasteiger partial charge in [-0.05, 0) is 24.1 Å². The van der Waals surface area contributed by atoms with Crippen LogP contribution in [0.25, 0.3) is 0 Å². The summed E-state index contributed by atoms with van der Waals surface area (Å²) < 4.78 is 49.5. The summed E-state index contributed by atoms with van der Waals surface area (Å²) in [4.78, 5) is 13.9. The fourth-order valence-corrected chi connectivity index (χ4v) is 4.28. The highest BCUT2D eigenvalue weighted by Crippen LogP contribution is 2.26. The molecule has 2 aromatic carbocycles. The van der Waals surface area contributed by atoms with Crippen LogP contribution in [0, 0.1) is 5.82 Å².